The zero-order valence-electron chi connectivity index (χ0n) is 24.3. The molecule has 2 aromatic rings. The van der Waals surface area contributed by atoms with Gasteiger partial charge in [0, 0.05) is 50.0 Å². The molecule has 0 aliphatic rings. The van der Waals surface area contributed by atoms with Crippen LogP contribution >= 0.6 is 0 Å². The molecule has 1 aromatic heterocycles. The first kappa shape index (κ1) is 33.6. The van der Waals surface area contributed by atoms with E-state index in [0.717, 1.165) is 18.3 Å². The minimum Gasteiger partial charge on any atom is -0.491 e. The van der Waals surface area contributed by atoms with Gasteiger partial charge in [0.25, 0.3) is 11.6 Å². The number of hydrogen-bond donors (Lipinski definition) is 4. The second-order valence-electron chi connectivity index (χ2n) is 10.7. The van der Waals surface area contributed by atoms with E-state index in [9.17, 15) is 29.8 Å². The summed E-state index contributed by atoms with van der Waals surface area (Å²) < 4.78 is 12.0. The van der Waals surface area contributed by atoms with E-state index in [1.54, 1.807) is 12.2 Å². The quantitative estimate of drug-likeness (QED) is 0.0705. The lowest BCUT2D eigenvalue weighted by Crippen LogP contribution is -2.41. The van der Waals surface area contributed by atoms with Crippen molar-refractivity contribution in [3.8, 4) is 5.75 Å². The van der Waals surface area contributed by atoms with Gasteiger partial charge in [-0.3, -0.25) is 29.8 Å². The molecule has 0 spiro atoms. The van der Waals surface area contributed by atoms with Crippen molar-refractivity contribution in [1.82, 2.24) is 4.98 Å². The molecule has 6 N–H and O–H groups in total. The molecule has 16 heteroatoms. The van der Waals surface area contributed by atoms with Crippen LogP contribution in [-0.4, -0.2) is 61.3 Å². The number of pyridine rings is 1. The molecule has 2 rings (SSSR count). The van der Waals surface area contributed by atoms with Gasteiger partial charge >= 0.3 is 5.69 Å². The minimum absolute atomic E-state index is 0.0468. The summed E-state index contributed by atoms with van der Waals surface area (Å²) in [5.74, 6) is -1.66. The fraction of sp³-hybridized carbons (Fsp3) is 0.423. The third-order valence-corrected chi connectivity index (χ3v) is 11.2. The summed E-state index contributed by atoms with van der Waals surface area (Å²) >= 11 is 0. The topological polar surface area (TPSA) is 228 Å². The first-order valence-corrected chi connectivity index (χ1v) is 15.9. The molecule has 0 bridgehead atoms. The van der Waals surface area contributed by atoms with Gasteiger partial charge in [-0.25, -0.2) is 4.98 Å². The number of anilines is 2. The second-order valence-corrected chi connectivity index (χ2v) is 15.6. The molecule has 0 aliphatic heterocycles. The molecule has 0 fully saturated rings. The number of rotatable bonds is 16. The van der Waals surface area contributed by atoms with Gasteiger partial charge in [0.15, 0.2) is 14.0 Å². The molecular weight excluding hydrogens is 566 g/mol. The molecule has 0 saturated carbocycles. The standard InChI is InChI=1S/C26H37N7O8Si/c1-26(2,3)42(4,5)41-12-8-11-40-21-15-17(23(27)34)13-19(32(36)37)22(21)29-9-6-7-10-30-25-20(33(38)39)14-18(16-31-25)24(28)35/h6-7,13-16,29H,8-12H2,1-5H3,(H2,27,34)(H2,28,35)(H,30,31). The smallest absolute Gasteiger partial charge is 0.312 e. The fourth-order valence-electron chi connectivity index (χ4n) is 3.31. The van der Waals surface area contributed by atoms with Crippen molar-refractivity contribution >= 4 is 43.0 Å². The number of hydrogen-bond acceptors (Lipinski definition) is 11. The number of benzene rings is 1. The van der Waals surface area contributed by atoms with Gasteiger partial charge in [0.1, 0.15) is 5.75 Å². The largest absolute Gasteiger partial charge is 0.491 e. The predicted octanol–water partition coefficient (Wildman–Crippen LogP) is 3.97. The van der Waals surface area contributed by atoms with E-state index in [-0.39, 0.29) is 58.8 Å². The number of carbonyl (C=O) groups is 2. The normalized spacial score (nSPS) is 11.7. The summed E-state index contributed by atoms with van der Waals surface area (Å²) in [5.41, 5.74) is 9.61. The molecule has 15 nitrogen and oxygen atoms in total. The molecule has 1 heterocycles. The molecule has 0 atom stereocenters. The second kappa shape index (κ2) is 14.4. The van der Waals surface area contributed by atoms with Gasteiger partial charge in [-0.1, -0.05) is 32.9 Å². The van der Waals surface area contributed by atoms with Gasteiger partial charge < -0.3 is 31.3 Å². The molecule has 0 aliphatic carbocycles. The van der Waals surface area contributed by atoms with Crippen LogP contribution in [0, 0.1) is 20.2 Å². The van der Waals surface area contributed by atoms with E-state index < -0.39 is 35.7 Å². The lowest BCUT2D eigenvalue weighted by molar-refractivity contribution is -0.384. The van der Waals surface area contributed by atoms with Crippen molar-refractivity contribution in [2.45, 2.75) is 45.3 Å². The predicted molar refractivity (Wildman–Crippen MR) is 160 cm³/mol. The average Bonchev–Trinajstić information content (AvgIpc) is 2.89. The third kappa shape index (κ3) is 9.24. The maximum Gasteiger partial charge on any atom is 0.312 e. The first-order valence-electron chi connectivity index (χ1n) is 13.0. The van der Waals surface area contributed by atoms with E-state index in [4.69, 9.17) is 20.6 Å². The van der Waals surface area contributed by atoms with Gasteiger partial charge in [0.05, 0.1) is 22.0 Å². The van der Waals surface area contributed by atoms with Crippen LogP contribution in [0.15, 0.2) is 36.5 Å². The Morgan fingerprint density at radius 1 is 0.952 bits per heavy atom. The molecule has 0 radical (unpaired) electrons. The Labute approximate surface area is 244 Å². The van der Waals surface area contributed by atoms with E-state index in [2.05, 4.69) is 49.5 Å². The Bertz CT molecular complexity index is 1360. The van der Waals surface area contributed by atoms with Crippen LogP contribution in [0.4, 0.5) is 22.9 Å². The Morgan fingerprint density at radius 2 is 1.52 bits per heavy atom. The lowest BCUT2D eigenvalue weighted by Gasteiger charge is -2.36. The highest BCUT2D eigenvalue weighted by Crippen LogP contribution is 2.37. The summed E-state index contributed by atoms with van der Waals surface area (Å²) in [6, 6.07) is 3.45. The van der Waals surface area contributed by atoms with Crippen molar-refractivity contribution in [2.24, 2.45) is 11.5 Å². The molecule has 1 aromatic carbocycles. The van der Waals surface area contributed by atoms with Crippen molar-refractivity contribution in [3.05, 3.63) is 67.9 Å². The zero-order valence-corrected chi connectivity index (χ0v) is 25.3. The number of nitro benzene ring substituents is 1. The molecular formula is C26H37N7O8Si. The maximum absolute atomic E-state index is 11.8. The van der Waals surface area contributed by atoms with Gasteiger partial charge in [-0.2, -0.15) is 0 Å². The van der Waals surface area contributed by atoms with E-state index >= 15 is 0 Å². The van der Waals surface area contributed by atoms with Crippen LogP contribution in [0.5, 0.6) is 5.75 Å². The molecule has 228 valence electrons. The van der Waals surface area contributed by atoms with E-state index in [0.29, 0.717) is 13.0 Å². The number of nitrogens with one attached hydrogen (secondary N) is 2. The van der Waals surface area contributed by atoms with Crippen molar-refractivity contribution in [3.63, 3.8) is 0 Å². The number of aromatic nitrogens is 1. The highest BCUT2D eigenvalue weighted by Gasteiger charge is 2.36. The SMILES string of the molecule is CC(C)(C)[Si](C)(C)OCCCOc1cc(C(N)=O)cc([N+](=O)[O-])c1NCC=CCNc1ncc(C(N)=O)cc1[N+](=O)[O-]. The van der Waals surface area contributed by atoms with Crippen molar-refractivity contribution < 1.29 is 28.6 Å². The van der Waals surface area contributed by atoms with Crippen LogP contribution < -0.4 is 26.8 Å². The Morgan fingerprint density at radius 3 is 2.07 bits per heavy atom. The van der Waals surface area contributed by atoms with Crippen LogP contribution in [0.25, 0.3) is 0 Å². The lowest BCUT2D eigenvalue weighted by atomic mass is 10.1. The van der Waals surface area contributed by atoms with Crippen LogP contribution in [0.2, 0.25) is 18.1 Å². The average molecular weight is 604 g/mol. The maximum atomic E-state index is 11.8. The fourth-order valence-corrected chi connectivity index (χ4v) is 4.40. The van der Waals surface area contributed by atoms with Crippen LogP contribution in [0.1, 0.15) is 47.9 Å². The minimum atomic E-state index is -1.95. The van der Waals surface area contributed by atoms with Crippen molar-refractivity contribution in [2.75, 3.05) is 36.9 Å². The number of nitro groups is 2. The molecule has 2 amide bonds. The molecule has 0 saturated heterocycles. The third-order valence-electron chi connectivity index (χ3n) is 6.68. The number of nitrogens with two attached hydrogens (primary N) is 2. The summed E-state index contributed by atoms with van der Waals surface area (Å²) in [6.45, 7) is 11.5. The summed E-state index contributed by atoms with van der Waals surface area (Å²) in [4.78, 5) is 48.7. The van der Waals surface area contributed by atoms with Crippen LogP contribution in [-0.2, 0) is 4.43 Å². The monoisotopic (exact) mass is 603 g/mol. The number of nitrogens with zero attached hydrogens (tertiary/aromatic N) is 3. The Hall–Kier alpha value is -4.57. The van der Waals surface area contributed by atoms with Crippen LogP contribution in [0.3, 0.4) is 0 Å². The molecule has 42 heavy (non-hydrogen) atoms. The molecule has 0 unspecified atom stereocenters. The van der Waals surface area contributed by atoms with Gasteiger partial charge in [0.2, 0.25) is 11.7 Å². The highest BCUT2D eigenvalue weighted by molar-refractivity contribution is 6.74. The summed E-state index contributed by atoms with van der Waals surface area (Å²) in [5, 5.41) is 28.9. The van der Waals surface area contributed by atoms with Gasteiger partial charge in [-0.05, 0) is 24.2 Å². The Kier molecular flexibility index (Phi) is 11.5. The zero-order chi connectivity index (χ0) is 31.7. The van der Waals surface area contributed by atoms with Gasteiger partial charge in [-0.15, -0.1) is 0 Å². The number of carbonyl (C=O) groups excluding carboxylic acids is 2. The summed E-state index contributed by atoms with van der Waals surface area (Å²) in [6.07, 6.45) is 4.88. The summed E-state index contributed by atoms with van der Waals surface area (Å²) in [7, 11) is -1.95. The van der Waals surface area contributed by atoms with Crippen molar-refractivity contribution in [1.29, 1.82) is 0 Å². The highest BCUT2D eigenvalue weighted by atomic mass is 28.4. The first-order chi connectivity index (χ1) is 19.5. The number of ether oxygens (including phenoxy) is 1. The van der Waals surface area contributed by atoms with E-state index in [1.807, 2.05) is 0 Å². The van der Waals surface area contributed by atoms with E-state index in [1.165, 1.54) is 6.07 Å². The Balaban J connectivity index is 2.10. The number of primary amides is 2. The number of amides is 2.